The van der Waals surface area contributed by atoms with Gasteiger partial charge in [0, 0.05) is 11.3 Å². The van der Waals surface area contributed by atoms with Crippen molar-refractivity contribution >= 4 is 35.1 Å². The van der Waals surface area contributed by atoms with Crippen molar-refractivity contribution in [1.29, 1.82) is 0 Å². The molecule has 0 saturated heterocycles. The van der Waals surface area contributed by atoms with E-state index < -0.39 is 28.7 Å². The lowest BCUT2D eigenvalue weighted by atomic mass is 9.96. The Kier molecular flexibility index (Phi) is 4.91. The van der Waals surface area contributed by atoms with Crippen molar-refractivity contribution in [2.75, 3.05) is 13.2 Å². The fourth-order valence-corrected chi connectivity index (χ4v) is 2.87. The van der Waals surface area contributed by atoms with Gasteiger partial charge in [-0.3, -0.25) is 9.59 Å². The van der Waals surface area contributed by atoms with Crippen LogP contribution in [-0.2, 0) is 19.1 Å². The molecule has 108 valence electrons. The minimum atomic E-state index is -1.35. The lowest BCUT2D eigenvalue weighted by molar-refractivity contribution is -0.166. The third kappa shape index (κ3) is 2.48. The summed E-state index contributed by atoms with van der Waals surface area (Å²) in [6.07, 6.45) is 1.50. The number of carbonyl (C=O) groups excluding carboxylic acids is 2. The van der Waals surface area contributed by atoms with Gasteiger partial charge in [0.2, 0.25) is 0 Å². The van der Waals surface area contributed by atoms with Crippen molar-refractivity contribution < 1.29 is 19.1 Å². The molecule has 0 aromatic heterocycles. The van der Waals surface area contributed by atoms with Gasteiger partial charge in [0.1, 0.15) is 4.49 Å². The van der Waals surface area contributed by atoms with Crippen LogP contribution in [0.4, 0.5) is 0 Å². The van der Waals surface area contributed by atoms with Crippen molar-refractivity contribution in [3.8, 4) is 0 Å². The van der Waals surface area contributed by atoms with E-state index in [1.165, 1.54) is 6.08 Å². The molecule has 0 bridgehead atoms. The summed E-state index contributed by atoms with van der Waals surface area (Å²) in [6.45, 7) is 7.34. The SMILES string of the molecule is CCOC(=O)C1(C(=O)OCC)C(C=C(Cl)Cl)C1(C)C. The van der Waals surface area contributed by atoms with Crippen LogP contribution in [0.25, 0.3) is 0 Å². The van der Waals surface area contributed by atoms with E-state index in [0.717, 1.165) is 0 Å². The van der Waals surface area contributed by atoms with Gasteiger partial charge in [-0.15, -0.1) is 0 Å². The number of halogens is 2. The minimum absolute atomic E-state index is 0.0218. The van der Waals surface area contributed by atoms with E-state index >= 15 is 0 Å². The Morgan fingerprint density at radius 1 is 1.11 bits per heavy atom. The molecule has 0 spiro atoms. The van der Waals surface area contributed by atoms with Crippen LogP contribution in [0.3, 0.4) is 0 Å². The molecule has 0 aromatic rings. The molecule has 1 saturated carbocycles. The number of ether oxygens (including phenoxy) is 2. The molecule has 0 radical (unpaired) electrons. The minimum Gasteiger partial charge on any atom is -0.465 e. The molecule has 1 rings (SSSR count). The smallest absolute Gasteiger partial charge is 0.324 e. The van der Waals surface area contributed by atoms with Crippen molar-refractivity contribution in [3.05, 3.63) is 10.6 Å². The third-order valence-electron chi connectivity index (χ3n) is 3.66. The zero-order chi connectivity index (χ0) is 14.8. The van der Waals surface area contributed by atoms with Crippen LogP contribution >= 0.6 is 23.2 Å². The van der Waals surface area contributed by atoms with Crippen molar-refractivity contribution in [1.82, 2.24) is 0 Å². The zero-order valence-electron chi connectivity index (χ0n) is 11.5. The first-order valence-electron chi connectivity index (χ1n) is 6.14. The molecule has 0 N–H and O–H groups in total. The van der Waals surface area contributed by atoms with Gasteiger partial charge in [0.25, 0.3) is 0 Å². The van der Waals surface area contributed by atoms with Crippen molar-refractivity contribution in [3.63, 3.8) is 0 Å². The Labute approximate surface area is 123 Å². The summed E-state index contributed by atoms with van der Waals surface area (Å²) < 4.78 is 10.1. The molecule has 4 nitrogen and oxygen atoms in total. The Morgan fingerprint density at radius 2 is 1.53 bits per heavy atom. The van der Waals surface area contributed by atoms with Crippen LogP contribution in [0.2, 0.25) is 0 Å². The maximum Gasteiger partial charge on any atom is 0.324 e. The standard InChI is InChI=1S/C13H18Cl2O4/c1-5-18-10(16)13(11(17)19-6-2)8(7-9(14)15)12(13,3)4/h7-8H,5-6H2,1-4H3. The summed E-state index contributed by atoms with van der Waals surface area (Å²) in [4.78, 5) is 24.4. The van der Waals surface area contributed by atoms with Gasteiger partial charge in [0.15, 0.2) is 5.41 Å². The molecular weight excluding hydrogens is 291 g/mol. The molecule has 0 aromatic carbocycles. The molecule has 0 aliphatic heterocycles. The van der Waals surface area contributed by atoms with E-state index in [1.54, 1.807) is 27.7 Å². The van der Waals surface area contributed by atoms with Crippen molar-refractivity contribution in [2.45, 2.75) is 27.7 Å². The molecule has 1 atom stereocenters. The quantitative estimate of drug-likeness (QED) is 0.578. The van der Waals surface area contributed by atoms with Crippen LogP contribution in [0.5, 0.6) is 0 Å². The normalized spacial score (nSPS) is 22.3. The van der Waals surface area contributed by atoms with Gasteiger partial charge in [-0.1, -0.05) is 37.0 Å². The Morgan fingerprint density at radius 3 is 1.84 bits per heavy atom. The first-order valence-corrected chi connectivity index (χ1v) is 6.89. The highest BCUT2D eigenvalue weighted by Gasteiger charge is 2.81. The Balaban J connectivity index is 3.19. The summed E-state index contributed by atoms with van der Waals surface area (Å²) in [7, 11) is 0. The van der Waals surface area contributed by atoms with Crippen LogP contribution in [0.1, 0.15) is 27.7 Å². The predicted octanol–water partition coefficient (Wildman–Crippen LogP) is 3.07. The molecule has 19 heavy (non-hydrogen) atoms. The molecule has 6 heteroatoms. The summed E-state index contributed by atoms with van der Waals surface area (Å²) in [5.74, 6) is -1.60. The number of allylic oxidation sites excluding steroid dienone is 1. The van der Waals surface area contributed by atoms with E-state index in [-0.39, 0.29) is 17.7 Å². The second kappa shape index (κ2) is 5.71. The van der Waals surface area contributed by atoms with Gasteiger partial charge >= 0.3 is 11.9 Å². The number of carbonyl (C=O) groups is 2. The van der Waals surface area contributed by atoms with Gasteiger partial charge in [-0.25, -0.2) is 0 Å². The van der Waals surface area contributed by atoms with Crippen molar-refractivity contribution in [2.24, 2.45) is 16.7 Å². The van der Waals surface area contributed by atoms with E-state index in [4.69, 9.17) is 32.7 Å². The highest BCUT2D eigenvalue weighted by atomic mass is 35.5. The van der Waals surface area contributed by atoms with Crippen LogP contribution in [0.15, 0.2) is 10.6 Å². The molecule has 0 amide bonds. The maximum absolute atomic E-state index is 12.2. The summed E-state index contributed by atoms with van der Waals surface area (Å²) in [5, 5.41) is 0. The fourth-order valence-electron chi connectivity index (χ4n) is 2.62. The fraction of sp³-hybridized carbons (Fsp3) is 0.692. The predicted molar refractivity (Wildman–Crippen MR) is 72.8 cm³/mol. The topological polar surface area (TPSA) is 52.6 Å². The van der Waals surface area contributed by atoms with E-state index in [1.807, 2.05) is 0 Å². The Hall–Kier alpha value is -0.740. The van der Waals surface area contributed by atoms with Gasteiger partial charge in [-0.05, 0) is 19.9 Å². The molecule has 0 heterocycles. The summed E-state index contributed by atoms with van der Waals surface area (Å²) >= 11 is 11.3. The second-order valence-electron chi connectivity index (χ2n) is 4.90. The first-order chi connectivity index (χ1) is 8.76. The summed E-state index contributed by atoms with van der Waals surface area (Å²) in [5.41, 5.74) is -1.99. The molecular formula is C13H18Cl2O4. The maximum atomic E-state index is 12.2. The second-order valence-corrected chi connectivity index (χ2v) is 5.91. The zero-order valence-corrected chi connectivity index (χ0v) is 13.0. The lowest BCUT2D eigenvalue weighted by Gasteiger charge is -2.16. The van der Waals surface area contributed by atoms with Crippen LogP contribution in [-0.4, -0.2) is 25.2 Å². The third-order valence-corrected chi connectivity index (χ3v) is 3.92. The Bertz CT molecular complexity index is 393. The van der Waals surface area contributed by atoms with E-state index in [2.05, 4.69) is 0 Å². The lowest BCUT2D eigenvalue weighted by Crippen LogP contribution is -2.34. The average Bonchev–Trinajstić information content (AvgIpc) is 2.76. The van der Waals surface area contributed by atoms with Gasteiger partial charge in [-0.2, -0.15) is 0 Å². The average molecular weight is 309 g/mol. The van der Waals surface area contributed by atoms with Gasteiger partial charge < -0.3 is 9.47 Å². The highest BCUT2D eigenvalue weighted by molar-refractivity contribution is 6.55. The van der Waals surface area contributed by atoms with E-state index in [9.17, 15) is 9.59 Å². The molecule has 1 aliphatic carbocycles. The number of esters is 2. The number of hydrogen-bond acceptors (Lipinski definition) is 4. The van der Waals surface area contributed by atoms with Gasteiger partial charge in [0.05, 0.1) is 13.2 Å². The molecule has 1 fully saturated rings. The first kappa shape index (κ1) is 16.3. The monoisotopic (exact) mass is 308 g/mol. The molecule has 1 unspecified atom stereocenters. The summed E-state index contributed by atoms with van der Waals surface area (Å²) in [6, 6.07) is 0. The number of rotatable bonds is 5. The largest absolute Gasteiger partial charge is 0.465 e. The highest BCUT2D eigenvalue weighted by Crippen LogP contribution is 2.71. The van der Waals surface area contributed by atoms with E-state index in [0.29, 0.717) is 0 Å². The number of hydrogen-bond donors (Lipinski definition) is 0. The molecule has 1 aliphatic rings. The van der Waals surface area contributed by atoms with Crippen LogP contribution in [0, 0.1) is 16.7 Å². The van der Waals surface area contributed by atoms with Crippen LogP contribution < -0.4 is 0 Å².